The van der Waals surface area contributed by atoms with Crippen molar-refractivity contribution in [1.82, 2.24) is 20.2 Å². The molecule has 10 nitrogen and oxygen atoms in total. The van der Waals surface area contributed by atoms with E-state index < -0.39 is 12.0 Å². The van der Waals surface area contributed by atoms with Crippen molar-refractivity contribution in [2.45, 2.75) is 52.9 Å². The van der Waals surface area contributed by atoms with Crippen LogP contribution in [0.3, 0.4) is 0 Å². The lowest BCUT2D eigenvalue weighted by Crippen LogP contribution is -2.36. The molecule has 168 valence electrons. The molecule has 0 unspecified atom stereocenters. The maximum absolute atomic E-state index is 11.8. The van der Waals surface area contributed by atoms with E-state index in [1.165, 1.54) is 6.07 Å². The van der Waals surface area contributed by atoms with Crippen LogP contribution in [-0.4, -0.2) is 43.8 Å². The Labute approximate surface area is 182 Å². The van der Waals surface area contributed by atoms with Gasteiger partial charge in [-0.2, -0.15) is 0 Å². The zero-order chi connectivity index (χ0) is 23.2. The van der Waals surface area contributed by atoms with Crippen LogP contribution in [0.15, 0.2) is 24.3 Å². The third-order valence-corrected chi connectivity index (χ3v) is 4.45. The van der Waals surface area contributed by atoms with E-state index in [2.05, 4.69) is 39.8 Å². The molecule has 0 fully saturated rings. The lowest BCUT2D eigenvalue weighted by atomic mass is 9.92. The normalized spacial score (nSPS) is 11.3. The summed E-state index contributed by atoms with van der Waals surface area (Å²) in [6.07, 6.45) is 0.442. The van der Waals surface area contributed by atoms with Crippen LogP contribution in [0.1, 0.15) is 63.6 Å². The number of pyridine rings is 1. The van der Waals surface area contributed by atoms with Crippen molar-refractivity contribution in [1.29, 1.82) is 0 Å². The number of hydrogen-bond donors (Lipinski definition) is 4. The van der Waals surface area contributed by atoms with Crippen LogP contribution in [-0.2, 0) is 5.41 Å². The highest BCUT2D eigenvalue weighted by molar-refractivity contribution is 5.97. The molecule has 0 saturated carbocycles. The van der Waals surface area contributed by atoms with Gasteiger partial charge in [0.15, 0.2) is 11.5 Å². The van der Waals surface area contributed by atoms with E-state index >= 15 is 0 Å². The first-order valence-electron chi connectivity index (χ1n) is 10.2. The molecule has 0 bridgehead atoms. The van der Waals surface area contributed by atoms with E-state index in [4.69, 9.17) is 5.73 Å². The molecule has 0 aliphatic carbocycles. The van der Waals surface area contributed by atoms with Gasteiger partial charge < -0.3 is 16.2 Å². The zero-order valence-electron chi connectivity index (χ0n) is 18.6. The average molecular weight is 430 g/mol. The predicted octanol–water partition coefficient (Wildman–Crippen LogP) is 3.75. The van der Waals surface area contributed by atoms with E-state index in [0.29, 0.717) is 18.2 Å². The Morgan fingerprint density at radius 3 is 2.48 bits per heavy atom. The lowest BCUT2D eigenvalue weighted by Gasteiger charge is -2.21. The number of rotatable bonds is 9. The Balaban J connectivity index is 2.28. The summed E-state index contributed by atoms with van der Waals surface area (Å²) in [5.74, 6) is 0.366. The van der Waals surface area contributed by atoms with Gasteiger partial charge in [-0.15, -0.1) is 10.2 Å². The minimum Gasteiger partial charge on any atom is -0.464 e. The first-order chi connectivity index (χ1) is 14.5. The Kier molecular flexibility index (Phi) is 7.73. The Morgan fingerprint density at radius 2 is 1.90 bits per heavy atom. The van der Waals surface area contributed by atoms with Crippen LogP contribution in [0, 0.1) is 5.92 Å². The fourth-order valence-corrected chi connectivity index (χ4v) is 2.78. The van der Waals surface area contributed by atoms with Gasteiger partial charge in [-0.05, 0) is 30.9 Å². The first kappa shape index (κ1) is 23.8. The summed E-state index contributed by atoms with van der Waals surface area (Å²) in [7, 11) is 0. The van der Waals surface area contributed by atoms with Gasteiger partial charge in [-0.3, -0.25) is 10.2 Å². The number of hydrazine groups is 1. The number of carbonyl (C=O) groups excluding carboxylic acids is 1. The van der Waals surface area contributed by atoms with Gasteiger partial charge in [-0.25, -0.2) is 14.8 Å². The SMILES string of the molecule is CC(C)CCCN(Nc1cc(Nc2cccc(C(C)(C)C)n2)c(C(N)=O)nn1)C(=O)O. The molecule has 0 aliphatic rings. The van der Waals surface area contributed by atoms with E-state index in [-0.39, 0.29) is 29.2 Å². The Morgan fingerprint density at radius 1 is 1.19 bits per heavy atom. The number of aromatic nitrogens is 3. The molecule has 2 aromatic rings. The summed E-state index contributed by atoms with van der Waals surface area (Å²) in [4.78, 5) is 28.0. The molecule has 2 heterocycles. The van der Waals surface area contributed by atoms with E-state index in [1.54, 1.807) is 6.07 Å². The number of hydrogen-bond acceptors (Lipinski definition) is 7. The van der Waals surface area contributed by atoms with Gasteiger partial charge in [0.05, 0.1) is 5.69 Å². The number of anilines is 3. The second-order valence-electron chi connectivity index (χ2n) is 8.72. The molecule has 31 heavy (non-hydrogen) atoms. The van der Waals surface area contributed by atoms with Crippen LogP contribution >= 0.6 is 0 Å². The lowest BCUT2D eigenvalue weighted by molar-refractivity contribution is 0.0995. The number of amides is 2. The van der Waals surface area contributed by atoms with E-state index in [1.807, 2.05) is 32.9 Å². The number of carbonyl (C=O) groups is 2. The van der Waals surface area contributed by atoms with Crippen molar-refractivity contribution in [3.05, 3.63) is 35.7 Å². The molecular weight excluding hydrogens is 398 g/mol. The summed E-state index contributed by atoms with van der Waals surface area (Å²) < 4.78 is 0. The van der Waals surface area contributed by atoms with E-state index in [9.17, 15) is 14.7 Å². The Bertz CT molecular complexity index is 925. The molecule has 2 rings (SSSR count). The summed E-state index contributed by atoms with van der Waals surface area (Å²) in [5.41, 5.74) is 9.06. The van der Waals surface area contributed by atoms with E-state index in [0.717, 1.165) is 17.1 Å². The molecule has 0 atom stereocenters. The second-order valence-corrected chi connectivity index (χ2v) is 8.72. The van der Waals surface area contributed by atoms with Crippen molar-refractivity contribution in [2.24, 2.45) is 11.7 Å². The highest BCUT2D eigenvalue weighted by Gasteiger charge is 2.19. The molecule has 0 radical (unpaired) electrons. The minimum absolute atomic E-state index is 0.0739. The van der Waals surface area contributed by atoms with Gasteiger partial charge >= 0.3 is 6.09 Å². The number of nitrogens with one attached hydrogen (secondary N) is 2. The van der Waals surface area contributed by atoms with Gasteiger partial charge in [0, 0.05) is 23.7 Å². The summed E-state index contributed by atoms with van der Waals surface area (Å²) in [6.45, 7) is 10.6. The highest BCUT2D eigenvalue weighted by Crippen LogP contribution is 2.25. The number of carboxylic acid groups (broad SMARTS) is 1. The fourth-order valence-electron chi connectivity index (χ4n) is 2.78. The maximum atomic E-state index is 11.8. The highest BCUT2D eigenvalue weighted by atomic mass is 16.4. The average Bonchev–Trinajstić information content (AvgIpc) is 2.66. The van der Waals surface area contributed by atoms with Gasteiger partial charge in [-0.1, -0.05) is 40.7 Å². The molecule has 0 saturated heterocycles. The topological polar surface area (TPSA) is 146 Å². The van der Waals surface area contributed by atoms with Crippen molar-refractivity contribution >= 4 is 29.3 Å². The molecule has 2 amide bonds. The molecule has 10 heteroatoms. The molecule has 5 N–H and O–H groups in total. The number of nitrogens with zero attached hydrogens (tertiary/aromatic N) is 4. The minimum atomic E-state index is -1.14. The molecular formula is C21H31N7O3. The van der Waals surface area contributed by atoms with Crippen LogP contribution < -0.4 is 16.5 Å². The molecule has 0 aromatic carbocycles. The van der Waals surface area contributed by atoms with Gasteiger partial charge in [0.25, 0.3) is 5.91 Å². The largest absolute Gasteiger partial charge is 0.464 e. The molecule has 0 spiro atoms. The summed E-state index contributed by atoms with van der Waals surface area (Å²) in [5, 5.41) is 21.3. The molecule has 0 aliphatic heterocycles. The van der Waals surface area contributed by atoms with Crippen LogP contribution in [0.5, 0.6) is 0 Å². The predicted molar refractivity (Wildman–Crippen MR) is 119 cm³/mol. The third kappa shape index (κ3) is 7.09. The van der Waals surface area contributed by atoms with Crippen LogP contribution in [0.4, 0.5) is 22.1 Å². The van der Waals surface area contributed by atoms with Crippen molar-refractivity contribution in [3.8, 4) is 0 Å². The van der Waals surface area contributed by atoms with Gasteiger partial charge in [0.2, 0.25) is 0 Å². The monoisotopic (exact) mass is 429 g/mol. The fraction of sp³-hybridized carbons (Fsp3) is 0.476. The first-order valence-corrected chi connectivity index (χ1v) is 10.2. The zero-order valence-corrected chi connectivity index (χ0v) is 18.6. The third-order valence-electron chi connectivity index (χ3n) is 4.45. The summed E-state index contributed by atoms with van der Waals surface area (Å²) in [6, 6.07) is 7.01. The van der Waals surface area contributed by atoms with Crippen LogP contribution in [0.2, 0.25) is 0 Å². The second kappa shape index (κ2) is 10.1. The quantitative estimate of drug-likeness (QED) is 0.441. The number of nitrogens with two attached hydrogens (primary N) is 1. The standard InChI is InChI=1S/C21H31N7O3/c1-13(2)8-7-11-28(20(30)31)27-17-12-14(18(19(22)29)26-25-17)23-16-10-6-9-15(24-16)21(3,4)5/h6,9-10,12-13H,7-8,11H2,1-5H3,(H2,22,29)(H,30,31)(H2,23,24,25,27). The molecule has 2 aromatic heterocycles. The smallest absolute Gasteiger partial charge is 0.426 e. The van der Waals surface area contributed by atoms with Gasteiger partial charge in [0.1, 0.15) is 5.82 Å². The van der Waals surface area contributed by atoms with Crippen molar-refractivity contribution in [2.75, 3.05) is 17.3 Å². The summed E-state index contributed by atoms with van der Waals surface area (Å²) >= 11 is 0. The van der Waals surface area contributed by atoms with Crippen molar-refractivity contribution in [3.63, 3.8) is 0 Å². The van der Waals surface area contributed by atoms with Crippen molar-refractivity contribution < 1.29 is 14.7 Å². The maximum Gasteiger partial charge on any atom is 0.426 e. The Hall–Kier alpha value is -3.43. The van der Waals surface area contributed by atoms with Crippen LogP contribution in [0.25, 0.3) is 0 Å². The number of primary amides is 1.